The van der Waals surface area contributed by atoms with Crippen LogP contribution in [0.1, 0.15) is 32.6 Å². The first kappa shape index (κ1) is 11.0. The van der Waals surface area contributed by atoms with Gasteiger partial charge in [-0.25, -0.2) is 0 Å². The third-order valence-corrected chi connectivity index (χ3v) is 2.74. The van der Waals surface area contributed by atoms with E-state index in [2.05, 4.69) is 17.0 Å². The van der Waals surface area contributed by atoms with E-state index in [1.807, 2.05) is 0 Å². The molecule has 2 unspecified atom stereocenters. The summed E-state index contributed by atoms with van der Waals surface area (Å²) in [5.41, 5.74) is 0. The topological polar surface area (TPSA) is 55.4 Å². The summed E-state index contributed by atoms with van der Waals surface area (Å²) in [6.45, 7) is 2.12. The number of methoxy groups -OCH3 is 1. The number of esters is 1. The Bertz CT molecular complexity index is 227. The maximum Gasteiger partial charge on any atom is 0.315 e. The molecule has 0 radical (unpaired) electrons. The average Bonchev–Trinajstić information content (AvgIpc) is 2.51. The first-order valence-corrected chi connectivity index (χ1v) is 4.99. The second-order valence-electron chi connectivity index (χ2n) is 3.84. The highest BCUT2D eigenvalue weighted by atomic mass is 16.5. The van der Waals surface area contributed by atoms with Gasteiger partial charge in [-0.15, -0.1) is 0 Å². The molecule has 0 saturated heterocycles. The Morgan fingerprint density at radius 1 is 1.43 bits per heavy atom. The van der Waals surface area contributed by atoms with E-state index in [1.54, 1.807) is 0 Å². The summed E-state index contributed by atoms with van der Waals surface area (Å²) in [7, 11) is 1.29. The fourth-order valence-corrected chi connectivity index (χ4v) is 1.82. The van der Waals surface area contributed by atoms with E-state index < -0.39 is 5.97 Å². The van der Waals surface area contributed by atoms with Crippen LogP contribution in [0.5, 0.6) is 0 Å². The summed E-state index contributed by atoms with van der Waals surface area (Å²) in [6, 6.07) is 0.243. The zero-order valence-electron chi connectivity index (χ0n) is 8.71. The van der Waals surface area contributed by atoms with Crippen molar-refractivity contribution >= 4 is 11.9 Å². The standard InChI is InChI=1S/C10H17NO3/c1-7-4-3-5-8(7)11-9(12)6-10(13)14-2/h7-8H,3-6H2,1-2H3,(H,11,12). The lowest BCUT2D eigenvalue weighted by atomic mass is 10.1. The molecular formula is C10H17NO3. The van der Waals surface area contributed by atoms with Gasteiger partial charge < -0.3 is 10.1 Å². The number of hydrogen-bond acceptors (Lipinski definition) is 3. The largest absolute Gasteiger partial charge is 0.469 e. The first-order valence-electron chi connectivity index (χ1n) is 4.99. The quantitative estimate of drug-likeness (QED) is 0.541. The molecule has 1 N–H and O–H groups in total. The SMILES string of the molecule is COC(=O)CC(=O)NC1CCCC1C. The Morgan fingerprint density at radius 3 is 2.64 bits per heavy atom. The zero-order chi connectivity index (χ0) is 10.6. The van der Waals surface area contributed by atoms with Crippen molar-refractivity contribution in [2.75, 3.05) is 7.11 Å². The van der Waals surface area contributed by atoms with Crippen molar-refractivity contribution in [3.8, 4) is 0 Å². The van der Waals surface area contributed by atoms with Gasteiger partial charge in [-0.2, -0.15) is 0 Å². The minimum Gasteiger partial charge on any atom is -0.469 e. The van der Waals surface area contributed by atoms with Gasteiger partial charge in [-0.3, -0.25) is 9.59 Å². The van der Waals surface area contributed by atoms with E-state index in [4.69, 9.17) is 0 Å². The van der Waals surface area contributed by atoms with Gasteiger partial charge in [0.25, 0.3) is 0 Å². The fourth-order valence-electron chi connectivity index (χ4n) is 1.82. The molecule has 2 atom stereocenters. The van der Waals surface area contributed by atoms with E-state index >= 15 is 0 Å². The molecule has 0 aromatic heterocycles. The van der Waals surface area contributed by atoms with Gasteiger partial charge in [-0.1, -0.05) is 13.3 Å². The molecule has 0 aromatic carbocycles. The maximum atomic E-state index is 11.3. The molecule has 0 aromatic rings. The zero-order valence-corrected chi connectivity index (χ0v) is 8.71. The highest BCUT2D eigenvalue weighted by Gasteiger charge is 2.25. The van der Waals surface area contributed by atoms with Crippen molar-refractivity contribution in [2.24, 2.45) is 5.92 Å². The third-order valence-electron chi connectivity index (χ3n) is 2.74. The van der Waals surface area contributed by atoms with Crippen LogP contribution in [0.15, 0.2) is 0 Å². The van der Waals surface area contributed by atoms with E-state index in [9.17, 15) is 9.59 Å². The van der Waals surface area contributed by atoms with Crippen LogP contribution in [0.25, 0.3) is 0 Å². The van der Waals surface area contributed by atoms with Crippen molar-refractivity contribution in [3.63, 3.8) is 0 Å². The van der Waals surface area contributed by atoms with Crippen LogP contribution in [0.4, 0.5) is 0 Å². The van der Waals surface area contributed by atoms with Crippen LogP contribution < -0.4 is 5.32 Å². The number of hydrogen-bond donors (Lipinski definition) is 1. The van der Waals surface area contributed by atoms with Crippen LogP contribution in [-0.2, 0) is 14.3 Å². The smallest absolute Gasteiger partial charge is 0.315 e. The van der Waals surface area contributed by atoms with Crippen LogP contribution in [0.2, 0.25) is 0 Å². The molecule has 0 heterocycles. The van der Waals surface area contributed by atoms with Gasteiger partial charge in [0.05, 0.1) is 7.11 Å². The van der Waals surface area contributed by atoms with Crippen molar-refractivity contribution in [3.05, 3.63) is 0 Å². The van der Waals surface area contributed by atoms with Crippen LogP contribution in [0, 0.1) is 5.92 Å². The molecule has 0 bridgehead atoms. The minimum absolute atomic E-state index is 0.167. The molecule has 4 heteroatoms. The Balaban J connectivity index is 2.29. The predicted molar refractivity (Wildman–Crippen MR) is 51.6 cm³/mol. The lowest BCUT2D eigenvalue weighted by molar-refractivity contribution is -0.144. The van der Waals surface area contributed by atoms with Crippen LogP contribution >= 0.6 is 0 Å². The molecule has 1 amide bonds. The number of amides is 1. The van der Waals surface area contributed by atoms with E-state index in [-0.39, 0.29) is 18.4 Å². The normalized spacial score (nSPS) is 25.9. The molecule has 1 fully saturated rings. The van der Waals surface area contributed by atoms with Crippen molar-refractivity contribution in [1.82, 2.24) is 5.32 Å². The second-order valence-corrected chi connectivity index (χ2v) is 3.84. The molecule has 0 aliphatic heterocycles. The lowest BCUT2D eigenvalue weighted by Crippen LogP contribution is -2.37. The molecule has 1 saturated carbocycles. The molecule has 14 heavy (non-hydrogen) atoms. The molecule has 80 valence electrons. The van der Waals surface area contributed by atoms with Gasteiger partial charge in [0.1, 0.15) is 6.42 Å². The highest BCUT2D eigenvalue weighted by molar-refractivity contribution is 5.94. The average molecular weight is 199 g/mol. The minimum atomic E-state index is -0.479. The molecule has 1 rings (SSSR count). The van der Waals surface area contributed by atoms with E-state index in [0.29, 0.717) is 5.92 Å². The number of ether oxygens (including phenoxy) is 1. The molecule has 0 spiro atoms. The Hall–Kier alpha value is -1.06. The van der Waals surface area contributed by atoms with Gasteiger partial charge in [0, 0.05) is 6.04 Å². The Kier molecular flexibility index (Phi) is 3.92. The first-order chi connectivity index (χ1) is 6.63. The van der Waals surface area contributed by atoms with Crippen molar-refractivity contribution < 1.29 is 14.3 Å². The second kappa shape index (κ2) is 4.98. The number of carbonyl (C=O) groups excluding carboxylic acids is 2. The Labute approximate surface area is 84.0 Å². The lowest BCUT2D eigenvalue weighted by Gasteiger charge is -2.16. The van der Waals surface area contributed by atoms with Gasteiger partial charge in [0.15, 0.2) is 0 Å². The predicted octanol–water partition coefficient (Wildman–Crippen LogP) is 0.854. The fraction of sp³-hybridized carbons (Fsp3) is 0.800. The number of rotatable bonds is 3. The molecule has 1 aliphatic rings. The summed E-state index contributed by atoms with van der Waals surface area (Å²) in [4.78, 5) is 22.1. The van der Waals surface area contributed by atoms with Gasteiger partial charge >= 0.3 is 5.97 Å². The third kappa shape index (κ3) is 3.01. The Morgan fingerprint density at radius 2 is 2.14 bits per heavy atom. The summed E-state index contributed by atoms with van der Waals surface area (Å²) in [6.07, 6.45) is 3.17. The summed E-state index contributed by atoms with van der Waals surface area (Å²) < 4.78 is 4.41. The monoisotopic (exact) mass is 199 g/mol. The summed E-state index contributed by atoms with van der Waals surface area (Å²) in [5.74, 6) is -0.180. The molecular weight excluding hydrogens is 182 g/mol. The summed E-state index contributed by atoms with van der Waals surface area (Å²) in [5, 5.41) is 2.85. The number of nitrogens with one attached hydrogen (secondary N) is 1. The van der Waals surface area contributed by atoms with E-state index in [0.717, 1.165) is 19.3 Å². The van der Waals surface area contributed by atoms with Crippen molar-refractivity contribution in [2.45, 2.75) is 38.6 Å². The molecule has 4 nitrogen and oxygen atoms in total. The van der Waals surface area contributed by atoms with E-state index in [1.165, 1.54) is 7.11 Å². The van der Waals surface area contributed by atoms with Gasteiger partial charge in [0.2, 0.25) is 5.91 Å². The van der Waals surface area contributed by atoms with Crippen LogP contribution in [-0.4, -0.2) is 25.0 Å². The highest BCUT2D eigenvalue weighted by Crippen LogP contribution is 2.24. The molecule has 1 aliphatic carbocycles. The van der Waals surface area contributed by atoms with Crippen molar-refractivity contribution in [1.29, 1.82) is 0 Å². The van der Waals surface area contributed by atoms with Gasteiger partial charge in [-0.05, 0) is 18.8 Å². The number of carbonyl (C=O) groups is 2. The summed E-state index contributed by atoms with van der Waals surface area (Å²) >= 11 is 0. The van der Waals surface area contributed by atoms with Crippen LogP contribution in [0.3, 0.4) is 0 Å². The maximum absolute atomic E-state index is 11.3.